The number of fused-ring (bicyclic) bond motifs is 2. The van der Waals surface area contributed by atoms with Gasteiger partial charge in [0.2, 0.25) is 0 Å². The van der Waals surface area contributed by atoms with E-state index in [0.717, 1.165) is 52.7 Å². The molecule has 1 aromatic carbocycles. The first kappa shape index (κ1) is 17.3. The van der Waals surface area contributed by atoms with Crippen LogP contribution in [-0.4, -0.2) is 52.5 Å². The van der Waals surface area contributed by atoms with Crippen LogP contribution in [0.3, 0.4) is 0 Å². The summed E-state index contributed by atoms with van der Waals surface area (Å²) >= 11 is 1.66. The van der Waals surface area contributed by atoms with Crippen molar-refractivity contribution < 1.29 is 0 Å². The molecular weight excluding hydrogens is 370 g/mol. The molecule has 28 heavy (non-hydrogen) atoms. The van der Waals surface area contributed by atoms with Gasteiger partial charge < -0.3 is 9.80 Å². The van der Waals surface area contributed by atoms with Gasteiger partial charge in [-0.25, -0.2) is 9.97 Å². The van der Waals surface area contributed by atoms with Gasteiger partial charge in [-0.05, 0) is 38.2 Å². The molecule has 0 atom stereocenters. The van der Waals surface area contributed by atoms with Gasteiger partial charge in [-0.2, -0.15) is 0 Å². The molecule has 0 amide bonds. The molecule has 3 aromatic heterocycles. The highest BCUT2D eigenvalue weighted by Crippen LogP contribution is 2.27. The fraction of sp³-hybridized carbons (Fsp3) is 0.286. The number of piperazine rings is 1. The molecule has 0 bridgehead atoms. The number of thiazole rings is 1. The maximum absolute atomic E-state index is 12.8. The van der Waals surface area contributed by atoms with Gasteiger partial charge in [0.25, 0.3) is 5.56 Å². The molecule has 1 saturated heterocycles. The molecule has 0 unspecified atom stereocenters. The first-order valence-electron chi connectivity index (χ1n) is 9.41. The summed E-state index contributed by atoms with van der Waals surface area (Å²) in [5.74, 6) is 0. The third-order valence-corrected chi connectivity index (χ3v) is 6.24. The van der Waals surface area contributed by atoms with Gasteiger partial charge in [-0.1, -0.05) is 6.07 Å². The highest BCUT2D eigenvalue weighted by Gasteiger charge is 2.15. The van der Waals surface area contributed by atoms with Crippen molar-refractivity contribution in [3.8, 4) is 11.3 Å². The van der Waals surface area contributed by atoms with Gasteiger partial charge in [0.05, 0.1) is 26.6 Å². The molecule has 6 nitrogen and oxygen atoms in total. The topological polar surface area (TPSA) is 53.7 Å². The third kappa shape index (κ3) is 3.06. The molecular formula is C21H21N5OS. The lowest BCUT2D eigenvalue weighted by Gasteiger charge is -2.34. The lowest BCUT2D eigenvalue weighted by Crippen LogP contribution is -2.44. The lowest BCUT2D eigenvalue weighted by atomic mass is 10.1. The van der Waals surface area contributed by atoms with Crippen molar-refractivity contribution in [2.24, 2.45) is 0 Å². The molecule has 5 rings (SSSR count). The maximum atomic E-state index is 12.8. The molecule has 0 N–H and O–H groups in total. The molecule has 0 radical (unpaired) electrons. The van der Waals surface area contributed by atoms with E-state index in [0.29, 0.717) is 11.3 Å². The van der Waals surface area contributed by atoms with Gasteiger partial charge in [0.1, 0.15) is 5.65 Å². The second-order valence-corrected chi connectivity index (χ2v) is 8.54. The van der Waals surface area contributed by atoms with E-state index in [9.17, 15) is 4.79 Å². The minimum atomic E-state index is -0.0587. The number of pyridine rings is 1. The van der Waals surface area contributed by atoms with Gasteiger partial charge in [-0.3, -0.25) is 9.20 Å². The zero-order chi connectivity index (χ0) is 19.3. The van der Waals surface area contributed by atoms with Crippen molar-refractivity contribution >= 4 is 32.9 Å². The molecule has 1 aliphatic heterocycles. The number of hydrogen-bond donors (Lipinski definition) is 0. The normalized spacial score (nSPS) is 15.6. The SMILES string of the molecule is Cc1nc2ccc(-c3cc(=O)n4cc(N5CCN(C)CC5)ccc4n3)cc2s1. The summed E-state index contributed by atoms with van der Waals surface area (Å²) < 4.78 is 2.76. The fourth-order valence-electron chi connectivity index (χ4n) is 3.69. The van der Waals surface area contributed by atoms with Crippen LogP contribution in [0.4, 0.5) is 5.69 Å². The van der Waals surface area contributed by atoms with Crippen molar-refractivity contribution in [2.45, 2.75) is 6.92 Å². The zero-order valence-corrected chi connectivity index (χ0v) is 16.7. The average Bonchev–Trinajstić information content (AvgIpc) is 3.07. The van der Waals surface area contributed by atoms with Gasteiger partial charge in [0, 0.05) is 44.0 Å². The Hall–Kier alpha value is -2.77. The van der Waals surface area contributed by atoms with Crippen molar-refractivity contribution in [1.82, 2.24) is 19.3 Å². The Kier molecular flexibility index (Phi) is 4.14. The van der Waals surface area contributed by atoms with Crippen LogP contribution in [-0.2, 0) is 0 Å². The number of nitrogens with zero attached hydrogens (tertiary/aromatic N) is 5. The minimum absolute atomic E-state index is 0.0587. The largest absolute Gasteiger partial charge is 0.368 e. The third-order valence-electron chi connectivity index (χ3n) is 5.30. The second-order valence-electron chi connectivity index (χ2n) is 7.30. The van der Waals surface area contributed by atoms with E-state index in [1.807, 2.05) is 31.3 Å². The number of hydrogen-bond acceptors (Lipinski definition) is 6. The van der Waals surface area contributed by atoms with E-state index in [1.165, 1.54) is 0 Å². The van der Waals surface area contributed by atoms with E-state index in [2.05, 4.69) is 34.0 Å². The Morgan fingerprint density at radius 1 is 1.00 bits per heavy atom. The average molecular weight is 392 g/mol. The fourth-order valence-corrected chi connectivity index (χ4v) is 4.56. The molecule has 1 aliphatic rings. The van der Waals surface area contributed by atoms with E-state index < -0.39 is 0 Å². The van der Waals surface area contributed by atoms with Gasteiger partial charge in [-0.15, -0.1) is 11.3 Å². The highest BCUT2D eigenvalue weighted by molar-refractivity contribution is 7.18. The predicted molar refractivity (Wildman–Crippen MR) is 115 cm³/mol. The number of rotatable bonds is 2. The molecule has 0 aliphatic carbocycles. The first-order valence-corrected chi connectivity index (χ1v) is 10.2. The van der Waals surface area contributed by atoms with E-state index in [4.69, 9.17) is 4.98 Å². The van der Waals surface area contributed by atoms with Crippen LogP contribution in [0.15, 0.2) is 47.4 Å². The molecule has 142 valence electrons. The Morgan fingerprint density at radius 3 is 2.64 bits per heavy atom. The minimum Gasteiger partial charge on any atom is -0.368 e. The monoisotopic (exact) mass is 391 g/mol. The number of aryl methyl sites for hydroxylation is 1. The maximum Gasteiger partial charge on any atom is 0.258 e. The standard InChI is InChI=1S/C21H21N5OS/c1-14-22-17-5-3-15(11-19(17)28-14)18-12-21(27)26-13-16(4-6-20(26)23-18)25-9-7-24(2)8-10-25/h3-6,11-13H,7-10H2,1-2H3. The van der Waals surface area contributed by atoms with E-state index in [1.54, 1.807) is 21.8 Å². The van der Waals surface area contributed by atoms with Crippen LogP contribution in [0.2, 0.25) is 0 Å². The zero-order valence-electron chi connectivity index (χ0n) is 15.9. The predicted octanol–water partition coefficient (Wildman–Crippen LogP) is 3.03. The number of aromatic nitrogens is 3. The first-order chi connectivity index (χ1) is 13.6. The van der Waals surface area contributed by atoms with Crippen LogP contribution in [0.5, 0.6) is 0 Å². The van der Waals surface area contributed by atoms with E-state index >= 15 is 0 Å². The van der Waals surface area contributed by atoms with Crippen LogP contribution >= 0.6 is 11.3 Å². The molecule has 0 saturated carbocycles. The Bertz CT molecular complexity index is 1240. The van der Waals surface area contributed by atoms with Crippen molar-refractivity contribution in [3.63, 3.8) is 0 Å². The summed E-state index contributed by atoms with van der Waals surface area (Å²) in [6, 6.07) is 11.7. The van der Waals surface area contributed by atoms with E-state index in [-0.39, 0.29) is 5.56 Å². The number of anilines is 1. The summed E-state index contributed by atoms with van der Waals surface area (Å²) in [5.41, 5.74) is 4.31. The van der Waals surface area contributed by atoms with Crippen LogP contribution in [0, 0.1) is 6.92 Å². The summed E-state index contributed by atoms with van der Waals surface area (Å²) in [7, 11) is 2.14. The van der Waals surface area contributed by atoms with Crippen molar-refractivity contribution in [2.75, 3.05) is 38.1 Å². The summed E-state index contributed by atoms with van der Waals surface area (Å²) in [6.07, 6.45) is 1.91. The van der Waals surface area contributed by atoms with Crippen LogP contribution in [0.1, 0.15) is 5.01 Å². The Labute approximate surface area is 166 Å². The quantitative estimate of drug-likeness (QED) is 0.526. The number of likely N-dealkylation sites (N-methyl/N-ethyl adjacent to an activating group) is 1. The van der Waals surface area contributed by atoms with Gasteiger partial charge >= 0.3 is 0 Å². The summed E-state index contributed by atoms with van der Waals surface area (Å²) in [5, 5.41) is 1.04. The molecule has 0 spiro atoms. The van der Waals surface area contributed by atoms with Crippen LogP contribution in [0.25, 0.3) is 27.1 Å². The number of benzene rings is 1. The molecule has 4 heterocycles. The smallest absolute Gasteiger partial charge is 0.258 e. The molecule has 4 aromatic rings. The Balaban J connectivity index is 1.54. The molecule has 1 fully saturated rings. The summed E-state index contributed by atoms with van der Waals surface area (Å²) in [6.45, 7) is 6.00. The van der Waals surface area contributed by atoms with Crippen molar-refractivity contribution in [3.05, 3.63) is 58.0 Å². The summed E-state index contributed by atoms with van der Waals surface area (Å²) in [4.78, 5) is 26.7. The van der Waals surface area contributed by atoms with Gasteiger partial charge in [0.15, 0.2) is 0 Å². The second kappa shape index (κ2) is 6.68. The van der Waals surface area contributed by atoms with Crippen molar-refractivity contribution in [1.29, 1.82) is 0 Å². The highest BCUT2D eigenvalue weighted by atomic mass is 32.1. The molecule has 7 heteroatoms. The van der Waals surface area contributed by atoms with Crippen LogP contribution < -0.4 is 10.5 Å². The lowest BCUT2D eigenvalue weighted by molar-refractivity contribution is 0.313. The Morgan fingerprint density at radius 2 is 1.82 bits per heavy atom.